The van der Waals surface area contributed by atoms with Crippen molar-refractivity contribution in [1.82, 2.24) is 4.98 Å². The van der Waals surface area contributed by atoms with E-state index in [1.54, 1.807) is 13.3 Å². The normalized spacial score (nSPS) is 10.5. The second-order valence-corrected chi connectivity index (χ2v) is 3.61. The topological polar surface area (TPSA) is 68.7 Å². The molecule has 0 amide bonds. The third-order valence-electron chi connectivity index (χ3n) is 2.19. The quantitative estimate of drug-likeness (QED) is 0.534. The Balaban J connectivity index is 2.44. The summed E-state index contributed by atoms with van der Waals surface area (Å²) in [5.41, 5.74) is 1.81. The molecule has 1 aromatic heterocycles. The van der Waals surface area contributed by atoms with Crippen molar-refractivity contribution in [3.63, 3.8) is 0 Å². The molecule has 1 rings (SSSR count). The van der Waals surface area contributed by atoms with E-state index < -0.39 is 6.61 Å². The second kappa shape index (κ2) is 7.89. The highest BCUT2D eigenvalue weighted by Crippen LogP contribution is 2.06. The first kappa shape index (κ1) is 13.8. The molecule has 0 aliphatic carbocycles. The molecule has 0 aliphatic heterocycles. The molecule has 5 heteroatoms. The smallest absolute Gasteiger partial charge is 0.158 e. The second-order valence-electron chi connectivity index (χ2n) is 3.61. The summed E-state index contributed by atoms with van der Waals surface area (Å²) < 4.78 is 9.99. The molecule has 0 unspecified atom stereocenters. The highest BCUT2D eigenvalue weighted by atomic mass is 16.7. The number of methoxy groups -OCH3 is 1. The Hall–Kier alpha value is -1.30. The van der Waals surface area contributed by atoms with E-state index in [9.17, 15) is 4.79 Å². The maximum Gasteiger partial charge on any atom is 0.158 e. The molecule has 0 saturated carbocycles. The van der Waals surface area contributed by atoms with Gasteiger partial charge in [0.2, 0.25) is 0 Å². The molecule has 0 fully saturated rings. The third-order valence-corrected chi connectivity index (χ3v) is 2.19. The fourth-order valence-corrected chi connectivity index (χ4v) is 1.34. The average Bonchev–Trinajstić information content (AvgIpc) is 2.37. The van der Waals surface area contributed by atoms with Gasteiger partial charge in [-0.25, -0.2) is 0 Å². The van der Waals surface area contributed by atoms with E-state index in [4.69, 9.17) is 14.6 Å². The molecule has 0 aliphatic rings. The summed E-state index contributed by atoms with van der Waals surface area (Å²) in [6.07, 6.45) is 2.54. The Labute approximate surface area is 100 Å². The number of ether oxygens (including phenoxy) is 2. The van der Waals surface area contributed by atoms with Crippen molar-refractivity contribution in [3.05, 3.63) is 29.6 Å². The number of ketones is 1. The molecule has 0 saturated heterocycles. The number of nitrogens with zero attached hydrogens (tertiary/aromatic N) is 1. The van der Waals surface area contributed by atoms with Gasteiger partial charge in [-0.3, -0.25) is 9.78 Å². The van der Waals surface area contributed by atoms with Gasteiger partial charge in [0.1, 0.15) is 13.4 Å². The first-order valence-electron chi connectivity index (χ1n) is 5.39. The summed E-state index contributed by atoms with van der Waals surface area (Å²) >= 11 is 0. The fraction of sp³-hybridized carbons (Fsp3) is 0.500. The van der Waals surface area contributed by atoms with Crippen LogP contribution >= 0.6 is 0 Å². The minimum Gasteiger partial charge on any atom is -0.389 e. The zero-order valence-corrected chi connectivity index (χ0v) is 9.89. The molecule has 5 nitrogen and oxygen atoms in total. The lowest BCUT2D eigenvalue weighted by Crippen LogP contribution is -2.06. The van der Waals surface area contributed by atoms with E-state index in [2.05, 4.69) is 4.98 Å². The number of aryl methyl sites for hydroxylation is 1. The Morgan fingerprint density at radius 1 is 1.53 bits per heavy atom. The molecule has 0 radical (unpaired) electrons. The number of hydrogen-bond donors (Lipinski definition) is 1. The molecule has 0 aromatic carbocycles. The van der Waals surface area contributed by atoms with Crippen molar-refractivity contribution in [2.24, 2.45) is 0 Å². The average molecular weight is 239 g/mol. The molecule has 94 valence electrons. The molecule has 17 heavy (non-hydrogen) atoms. The van der Waals surface area contributed by atoms with Crippen molar-refractivity contribution in [2.75, 3.05) is 20.5 Å². The van der Waals surface area contributed by atoms with Crippen molar-refractivity contribution < 1.29 is 19.4 Å². The van der Waals surface area contributed by atoms with Crippen molar-refractivity contribution in [1.29, 1.82) is 0 Å². The third kappa shape index (κ3) is 5.53. The minimum absolute atomic E-state index is 0.173. The maximum atomic E-state index is 11.0. The van der Waals surface area contributed by atoms with E-state index in [0.29, 0.717) is 19.4 Å². The van der Waals surface area contributed by atoms with Crippen LogP contribution in [0.25, 0.3) is 0 Å². The monoisotopic (exact) mass is 239 g/mol. The first-order chi connectivity index (χ1) is 8.26. The lowest BCUT2D eigenvalue weighted by atomic mass is 10.1. The van der Waals surface area contributed by atoms with Crippen molar-refractivity contribution in [2.45, 2.75) is 19.4 Å². The minimum atomic E-state index is -0.406. The Morgan fingerprint density at radius 2 is 2.35 bits per heavy atom. The number of hydrogen-bond acceptors (Lipinski definition) is 5. The van der Waals surface area contributed by atoms with E-state index in [1.807, 2.05) is 12.1 Å². The van der Waals surface area contributed by atoms with Crippen molar-refractivity contribution >= 4 is 5.78 Å². The standard InChI is InChI=1S/C12H17NO4/c1-16-9-17-8-10-4-5-13-11(6-10)2-3-12(15)7-14/h4-6,14H,2-3,7-9H2,1H3. The van der Waals surface area contributed by atoms with Crippen LogP contribution in [0.5, 0.6) is 0 Å². The van der Waals surface area contributed by atoms with Gasteiger partial charge in [0, 0.05) is 25.4 Å². The van der Waals surface area contributed by atoms with Crippen LogP contribution in [0.2, 0.25) is 0 Å². The van der Waals surface area contributed by atoms with Crippen LogP contribution in [0.15, 0.2) is 18.3 Å². The number of pyridine rings is 1. The van der Waals surface area contributed by atoms with Gasteiger partial charge in [-0.2, -0.15) is 0 Å². The summed E-state index contributed by atoms with van der Waals surface area (Å²) in [6, 6.07) is 3.74. The molecule has 0 bridgehead atoms. The van der Waals surface area contributed by atoms with Crippen LogP contribution in [0.3, 0.4) is 0 Å². The molecule has 1 aromatic rings. The highest BCUT2D eigenvalue weighted by Gasteiger charge is 2.02. The first-order valence-corrected chi connectivity index (χ1v) is 5.39. The van der Waals surface area contributed by atoms with Gasteiger partial charge in [0.25, 0.3) is 0 Å². The summed E-state index contributed by atoms with van der Waals surface area (Å²) in [5.74, 6) is -0.173. The lowest BCUT2D eigenvalue weighted by Gasteiger charge is -2.05. The van der Waals surface area contributed by atoms with Crippen LogP contribution < -0.4 is 0 Å². The zero-order chi connectivity index (χ0) is 12.5. The molecule has 0 atom stereocenters. The van der Waals surface area contributed by atoms with Gasteiger partial charge in [0.15, 0.2) is 5.78 Å². The summed E-state index contributed by atoms with van der Waals surface area (Å²) in [7, 11) is 1.57. The van der Waals surface area contributed by atoms with E-state index in [0.717, 1.165) is 11.3 Å². The van der Waals surface area contributed by atoms with Crippen LogP contribution in [0.1, 0.15) is 17.7 Å². The number of Topliss-reactive ketones (excluding diaryl/α,β-unsaturated/α-hetero) is 1. The fourth-order valence-electron chi connectivity index (χ4n) is 1.34. The number of aliphatic hydroxyl groups is 1. The predicted octanol–water partition coefficient (Wildman–Crippen LogP) is 0.696. The van der Waals surface area contributed by atoms with Gasteiger partial charge in [0.05, 0.1) is 6.61 Å². The Kier molecular flexibility index (Phi) is 6.39. The summed E-state index contributed by atoms with van der Waals surface area (Å²) in [6.45, 7) is 0.300. The molecule has 1 heterocycles. The Bertz CT molecular complexity index is 354. The van der Waals surface area contributed by atoms with Crippen LogP contribution in [-0.2, 0) is 27.3 Å². The van der Waals surface area contributed by atoms with Gasteiger partial charge < -0.3 is 14.6 Å². The van der Waals surface area contributed by atoms with Gasteiger partial charge >= 0.3 is 0 Å². The number of carbonyl (C=O) groups excluding carboxylic acids is 1. The highest BCUT2D eigenvalue weighted by molar-refractivity contribution is 5.79. The number of aromatic nitrogens is 1. The zero-order valence-electron chi connectivity index (χ0n) is 9.89. The van der Waals surface area contributed by atoms with Crippen molar-refractivity contribution in [3.8, 4) is 0 Å². The van der Waals surface area contributed by atoms with Crippen LogP contribution in [0.4, 0.5) is 0 Å². The van der Waals surface area contributed by atoms with E-state index >= 15 is 0 Å². The Morgan fingerprint density at radius 3 is 3.06 bits per heavy atom. The molecule has 0 spiro atoms. The lowest BCUT2D eigenvalue weighted by molar-refractivity contribution is -0.121. The molecule has 1 N–H and O–H groups in total. The van der Waals surface area contributed by atoms with E-state index in [-0.39, 0.29) is 12.6 Å². The molecular weight excluding hydrogens is 222 g/mol. The van der Waals surface area contributed by atoms with Gasteiger partial charge in [-0.1, -0.05) is 0 Å². The largest absolute Gasteiger partial charge is 0.389 e. The number of aliphatic hydroxyl groups excluding tert-OH is 1. The number of carbonyl (C=O) groups is 1. The summed E-state index contributed by atoms with van der Waals surface area (Å²) in [4.78, 5) is 15.1. The summed E-state index contributed by atoms with van der Waals surface area (Å²) in [5, 5.41) is 8.61. The van der Waals surface area contributed by atoms with Gasteiger partial charge in [-0.15, -0.1) is 0 Å². The van der Waals surface area contributed by atoms with Crippen LogP contribution in [0, 0.1) is 0 Å². The predicted molar refractivity (Wildman–Crippen MR) is 61.3 cm³/mol. The van der Waals surface area contributed by atoms with Gasteiger partial charge in [-0.05, 0) is 24.1 Å². The SMILES string of the molecule is COCOCc1ccnc(CCC(=O)CO)c1. The maximum absolute atomic E-state index is 11.0. The van der Waals surface area contributed by atoms with Crippen LogP contribution in [-0.4, -0.2) is 36.4 Å². The number of rotatable bonds is 8. The van der Waals surface area contributed by atoms with E-state index in [1.165, 1.54) is 0 Å². The molecular formula is C12H17NO4.